The van der Waals surface area contributed by atoms with Crippen molar-refractivity contribution in [1.29, 1.82) is 0 Å². The van der Waals surface area contributed by atoms with Crippen LogP contribution < -0.4 is 0 Å². The molecule has 0 N–H and O–H groups in total. The van der Waals surface area contributed by atoms with Gasteiger partial charge in [-0.3, -0.25) is 0 Å². The van der Waals surface area contributed by atoms with Crippen molar-refractivity contribution >= 4 is 14.5 Å². The van der Waals surface area contributed by atoms with Gasteiger partial charge in [0.25, 0.3) is 0 Å². The van der Waals surface area contributed by atoms with Crippen LogP contribution in [0.1, 0.15) is 42.6 Å². The number of benzene rings is 1. The summed E-state index contributed by atoms with van der Waals surface area (Å²) in [5.41, 5.74) is 2.49. The molecule has 0 aliphatic heterocycles. The molecule has 3 rings (SSSR count). The van der Waals surface area contributed by atoms with E-state index in [0.717, 1.165) is 5.92 Å². The summed E-state index contributed by atoms with van der Waals surface area (Å²) in [4.78, 5) is 7.24. The first-order valence-electron chi connectivity index (χ1n) is 6.44. The Morgan fingerprint density at radius 2 is 1.76 bits per heavy atom. The van der Waals surface area contributed by atoms with Crippen LogP contribution >= 0.6 is 0 Å². The van der Waals surface area contributed by atoms with Gasteiger partial charge in [0.05, 0.1) is 0 Å². The Kier molecular flexibility index (Phi) is 3.44. The fourth-order valence-corrected chi connectivity index (χ4v) is 4.67. The van der Waals surface area contributed by atoms with Crippen LogP contribution in [0.5, 0.6) is 0 Å². The Morgan fingerprint density at radius 1 is 1.00 bits per heavy atom. The Morgan fingerprint density at radius 3 is 2.53 bits per heavy atom. The number of rotatable bonds is 2. The zero-order valence-electron chi connectivity index (χ0n) is 9.93. The third-order valence-corrected chi connectivity index (χ3v) is 5.66. The second-order valence-electron chi connectivity index (χ2n) is 4.77. The van der Waals surface area contributed by atoms with Crippen molar-refractivity contribution in [1.82, 2.24) is 4.98 Å². The van der Waals surface area contributed by atoms with E-state index in [1.54, 1.807) is 0 Å². The third kappa shape index (κ3) is 2.53. The van der Waals surface area contributed by atoms with E-state index in [1.807, 2.05) is 0 Å². The molecule has 1 aromatic carbocycles. The van der Waals surface area contributed by atoms with Crippen molar-refractivity contribution in [3.05, 3.63) is 39.8 Å². The van der Waals surface area contributed by atoms with E-state index < -0.39 is 0 Å². The Balaban J connectivity index is 1.83. The first kappa shape index (κ1) is 11.3. The zero-order valence-corrected chi connectivity index (χ0v) is 11.6. The second kappa shape index (κ2) is 5.20. The summed E-state index contributed by atoms with van der Waals surface area (Å²) in [6.07, 6.45) is 6.98. The van der Waals surface area contributed by atoms with E-state index in [4.69, 9.17) is 4.98 Å². The summed E-state index contributed by atoms with van der Waals surface area (Å²) in [5.74, 6) is 0.793. The van der Waals surface area contributed by atoms with Gasteiger partial charge in [0.1, 0.15) is 0 Å². The van der Waals surface area contributed by atoms with Crippen LogP contribution in [0.2, 0.25) is 0 Å². The topological polar surface area (TPSA) is 12.9 Å². The monoisotopic (exact) mass is 291 g/mol. The average Bonchev–Trinajstić information content (AvgIpc) is 2.90. The standard InChI is InChI=1S/C15H17NSe/c1-3-7-12(8-4-1)14-11-17-15(16-14)13-9-5-2-6-10-13/h1,3-4,7-8,11,13H,2,5-6,9-10H2. The first-order chi connectivity index (χ1) is 8.43. The van der Waals surface area contributed by atoms with Crippen LogP contribution in [0.25, 0.3) is 11.3 Å². The van der Waals surface area contributed by atoms with Crippen LogP contribution in [0, 0.1) is 0 Å². The minimum atomic E-state index is 0.507. The van der Waals surface area contributed by atoms with Gasteiger partial charge in [-0.05, 0) is 0 Å². The molecule has 1 aliphatic carbocycles. The molecule has 1 nitrogen and oxygen atoms in total. The van der Waals surface area contributed by atoms with Crippen LogP contribution in [0.15, 0.2) is 35.3 Å². The minimum absolute atomic E-state index is 0.507. The van der Waals surface area contributed by atoms with Gasteiger partial charge in [0.15, 0.2) is 0 Å². The molecule has 1 aromatic heterocycles. The fourth-order valence-electron chi connectivity index (χ4n) is 2.57. The number of aromatic nitrogens is 1. The van der Waals surface area contributed by atoms with Gasteiger partial charge in [-0.1, -0.05) is 0 Å². The number of hydrogen-bond donors (Lipinski definition) is 0. The predicted molar refractivity (Wildman–Crippen MR) is 72.4 cm³/mol. The van der Waals surface area contributed by atoms with Crippen LogP contribution in [0.3, 0.4) is 0 Å². The molecule has 1 fully saturated rings. The predicted octanol–water partition coefficient (Wildman–Crippen LogP) is 3.85. The van der Waals surface area contributed by atoms with E-state index >= 15 is 0 Å². The van der Waals surface area contributed by atoms with E-state index in [2.05, 4.69) is 35.3 Å². The molecule has 1 saturated carbocycles. The molecule has 0 radical (unpaired) electrons. The van der Waals surface area contributed by atoms with Gasteiger partial charge in [-0.25, -0.2) is 0 Å². The molecule has 0 unspecified atom stereocenters. The Labute approximate surface area is 109 Å². The second-order valence-corrected chi connectivity index (χ2v) is 6.64. The molecule has 0 bridgehead atoms. The molecule has 88 valence electrons. The van der Waals surface area contributed by atoms with Crippen molar-refractivity contribution in [3.63, 3.8) is 0 Å². The molecule has 2 heteroatoms. The van der Waals surface area contributed by atoms with Crippen molar-refractivity contribution in [2.75, 3.05) is 0 Å². The summed E-state index contributed by atoms with van der Waals surface area (Å²) >= 11 is 0.507. The number of hydrogen-bond acceptors (Lipinski definition) is 1. The van der Waals surface area contributed by atoms with Gasteiger partial charge in [-0.2, -0.15) is 0 Å². The van der Waals surface area contributed by atoms with E-state index in [9.17, 15) is 0 Å². The van der Waals surface area contributed by atoms with E-state index in [-0.39, 0.29) is 0 Å². The van der Waals surface area contributed by atoms with Crippen molar-refractivity contribution < 1.29 is 0 Å². The molecule has 1 heterocycles. The Bertz CT molecular complexity index is 469. The maximum atomic E-state index is 4.89. The molecule has 17 heavy (non-hydrogen) atoms. The van der Waals surface area contributed by atoms with E-state index in [1.165, 1.54) is 47.9 Å². The first-order valence-corrected chi connectivity index (χ1v) is 8.29. The zero-order chi connectivity index (χ0) is 11.5. The quantitative estimate of drug-likeness (QED) is 0.765. The number of nitrogens with zero attached hydrogens (tertiary/aromatic N) is 1. The Hall–Kier alpha value is -0.851. The van der Waals surface area contributed by atoms with Gasteiger partial charge >= 0.3 is 109 Å². The fraction of sp³-hybridized carbons (Fsp3) is 0.400. The summed E-state index contributed by atoms with van der Waals surface area (Å²) in [6, 6.07) is 10.6. The molecule has 0 saturated heterocycles. The molecule has 0 amide bonds. The normalized spacial score (nSPS) is 17.2. The van der Waals surface area contributed by atoms with Crippen molar-refractivity contribution in [2.24, 2.45) is 0 Å². The van der Waals surface area contributed by atoms with Crippen LogP contribution in [0.4, 0.5) is 0 Å². The van der Waals surface area contributed by atoms with Gasteiger partial charge in [-0.15, -0.1) is 0 Å². The van der Waals surface area contributed by atoms with Gasteiger partial charge < -0.3 is 0 Å². The molecule has 2 aromatic rings. The maximum absolute atomic E-state index is 4.89. The molecular formula is C15H17NSe. The summed E-state index contributed by atoms with van der Waals surface area (Å²) < 4.78 is 1.50. The third-order valence-electron chi connectivity index (χ3n) is 3.55. The van der Waals surface area contributed by atoms with Crippen LogP contribution in [-0.4, -0.2) is 19.5 Å². The van der Waals surface area contributed by atoms with Crippen molar-refractivity contribution in [2.45, 2.75) is 38.0 Å². The summed E-state index contributed by atoms with van der Waals surface area (Å²) in [7, 11) is 0. The summed E-state index contributed by atoms with van der Waals surface area (Å²) in [5, 5.41) is 0. The molecule has 0 spiro atoms. The molecule has 1 aliphatic rings. The van der Waals surface area contributed by atoms with Gasteiger partial charge in [0, 0.05) is 0 Å². The van der Waals surface area contributed by atoms with Gasteiger partial charge in [0.2, 0.25) is 0 Å². The van der Waals surface area contributed by atoms with Crippen LogP contribution in [-0.2, 0) is 0 Å². The summed E-state index contributed by atoms with van der Waals surface area (Å²) in [6.45, 7) is 0. The van der Waals surface area contributed by atoms with E-state index in [0.29, 0.717) is 14.5 Å². The molecule has 0 atom stereocenters. The molecular weight excluding hydrogens is 273 g/mol. The average molecular weight is 290 g/mol. The SMILES string of the molecule is c1ccc(-c2c[se]c(C3CCCCC3)n2)cc1. The van der Waals surface area contributed by atoms with Crippen molar-refractivity contribution in [3.8, 4) is 11.3 Å².